The van der Waals surface area contributed by atoms with Gasteiger partial charge in [0.2, 0.25) is 5.91 Å². The maximum atomic E-state index is 12.2. The fourth-order valence-electron chi connectivity index (χ4n) is 2.21. The van der Waals surface area contributed by atoms with Crippen molar-refractivity contribution < 1.29 is 24.2 Å². The minimum absolute atomic E-state index is 0.0266. The number of nitrogens with one attached hydrogen (secondary N) is 1. The van der Waals surface area contributed by atoms with Crippen LogP contribution in [0.15, 0.2) is 18.2 Å². The van der Waals surface area contributed by atoms with Crippen LogP contribution in [0.25, 0.3) is 0 Å². The van der Waals surface area contributed by atoms with E-state index in [0.717, 1.165) is 11.1 Å². The van der Waals surface area contributed by atoms with E-state index in [1.54, 1.807) is 6.07 Å². The van der Waals surface area contributed by atoms with E-state index in [0.29, 0.717) is 5.56 Å². The molecule has 2 N–H and O–H groups in total. The molecule has 0 saturated heterocycles. The number of benzene rings is 1. The van der Waals surface area contributed by atoms with Crippen molar-refractivity contribution in [3.05, 3.63) is 34.9 Å². The molecule has 1 aromatic carbocycles. The number of Topliss-reactive ketones (excluding diaryl/α,β-unsaturated/α-hetero) is 1. The summed E-state index contributed by atoms with van der Waals surface area (Å²) >= 11 is 0. The SMILES string of the molecule is COCC(C)(NC(=O)CCC(=O)c1cc(C)ccc1C)C(=O)O. The first-order valence-corrected chi connectivity index (χ1v) is 7.33. The van der Waals surface area contributed by atoms with Gasteiger partial charge in [0.15, 0.2) is 11.3 Å². The molecule has 1 amide bonds. The van der Waals surface area contributed by atoms with Crippen molar-refractivity contribution in [3.63, 3.8) is 0 Å². The minimum Gasteiger partial charge on any atom is -0.479 e. The van der Waals surface area contributed by atoms with Crippen LogP contribution in [-0.4, -0.2) is 42.0 Å². The van der Waals surface area contributed by atoms with Crippen molar-refractivity contribution in [3.8, 4) is 0 Å². The van der Waals surface area contributed by atoms with Crippen molar-refractivity contribution in [1.82, 2.24) is 5.32 Å². The zero-order valence-electron chi connectivity index (χ0n) is 13.9. The number of carboxylic acid groups (broad SMARTS) is 1. The number of aliphatic carboxylic acids is 1. The van der Waals surface area contributed by atoms with E-state index < -0.39 is 17.4 Å². The van der Waals surface area contributed by atoms with Crippen LogP contribution >= 0.6 is 0 Å². The predicted molar refractivity (Wildman–Crippen MR) is 85.5 cm³/mol. The molecular formula is C17H23NO5. The molecule has 0 aliphatic carbocycles. The third-order valence-electron chi connectivity index (χ3n) is 3.59. The summed E-state index contributed by atoms with van der Waals surface area (Å²) < 4.78 is 4.83. The van der Waals surface area contributed by atoms with Crippen LogP contribution in [0, 0.1) is 13.8 Å². The van der Waals surface area contributed by atoms with Crippen molar-refractivity contribution >= 4 is 17.7 Å². The second-order valence-corrected chi connectivity index (χ2v) is 5.86. The first-order chi connectivity index (χ1) is 10.7. The van der Waals surface area contributed by atoms with Gasteiger partial charge in [-0.25, -0.2) is 4.79 Å². The lowest BCUT2D eigenvalue weighted by molar-refractivity contribution is -0.149. The second kappa shape index (κ2) is 7.87. The molecule has 1 aromatic rings. The van der Waals surface area contributed by atoms with E-state index in [1.807, 2.05) is 26.0 Å². The molecule has 0 aliphatic heterocycles. The molecule has 0 saturated carbocycles. The van der Waals surface area contributed by atoms with Gasteiger partial charge in [-0.15, -0.1) is 0 Å². The van der Waals surface area contributed by atoms with E-state index in [4.69, 9.17) is 4.74 Å². The van der Waals surface area contributed by atoms with Gasteiger partial charge in [0, 0.05) is 25.5 Å². The first-order valence-electron chi connectivity index (χ1n) is 7.33. The van der Waals surface area contributed by atoms with Crippen LogP contribution in [0.2, 0.25) is 0 Å². The molecule has 0 spiro atoms. The van der Waals surface area contributed by atoms with Crippen molar-refractivity contribution in [2.75, 3.05) is 13.7 Å². The average Bonchev–Trinajstić information content (AvgIpc) is 2.47. The third-order valence-corrected chi connectivity index (χ3v) is 3.59. The number of hydrogen-bond donors (Lipinski definition) is 2. The van der Waals surface area contributed by atoms with Gasteiger partial charge < -0.3 is 15.2 Å². The Balaban J connectivity index is 2.67. The number of hydrogen-bond acceptors (Lipinski definition) is 4. The Kier molecular flexibility index (Phi) is 6.45. The minimum atomic E-state index is -1.51. The van der Waals surface area contributed by atoms with E-state index in [1.165, 1.54) is 14.0 Å². The second-order valence-electron chi connectivity index (χ2n) is 5.86. The Morgan fingerprint density at radius 1 is 1.22 bits per heavy atom. The number of methoxy groups -OCH3 is 1. The quantitative estimate of drug-likeness (QED) is 0.713. The van der Waals surface area contributed by atoms with Gasteiger partial charge in [-0.2, -0.15) is 0 Å². The topological polar surface area (TPSA) is 92.7 Å². The van der Waals surface area contributed by atoms with E-state index >= 15 is 0 Å². The molecule has 1 unspecified atom stereocenters. The molecule has 0 bridgehead atoms. The molecule has 0 fully saturated rings. The highest BCUT2D eigenvalue weighted by Gasteiger charge is 2.34. The molecule has 1 rings (SSSR count). The summed E-state index contributed by atoms with van der Waals surface area (Å²) in [6, 6.07) is 5.58. The largest absolute Gasteiger partial charge is 0.479 e. The number of ketones is 1. The lowest BCUT2D eigenvalue weighted by atomic mass is 9.98. The van der Waals surface area contributed by atoms with E-state index in [-0.39, 0.29) is 25.2 Å². The normalized spacial score (nSPS) is 13.2. The Morgan fingerprint density at radius 2 is 1.87 bits per heavy atom. The molecule has 1 atom stereocenters. The van der Waals surface area contributed by atoms with Gasteiger partial charge in [-0.3, -0.25) is 9.59 Å². The smallest absolute Gasteiger partial charge is 0.331 e. The molecule has 0 radical (unpaired) electrons. The number of amides is 1. The summed E-state index contributed by atoms with van der Waals surface area (Å²) in [6.07, 6.45) is -0.0440. The Hall–Kier alpha value is -2.21. The van der Waals surface area contributed by atoms with Crippen LogP contribution in [-0.2, 0) is 14.3 Å². The molecule has 126 valence electrons. The highest BCUT2D eigenvalue weighted by molar-refractivity contribution is 5.99. The number of carboxylic acids is 1. The Bertz CT molecular complexity index is 611. The van der Waals surface area contributed by atoms with Crippen LogP contribution in [0.1, 0.15) is 41.3 Å². The monoisotopic (exact) mass is 321 g/mol. The standard InChI is InChI=1S/C17H23NO5/c1-11-5-6-12(2)13(9-11)14(19)7-8-15(20)18-17(3,10-23-4)16(21)22/h5-6,9H,7-8,10H2,1-4H3,(H,18,20)(H,21,22). The molecule has 0 aliphatic rings. The van der Waals surface area contributed by atoms with Crippen LogP contribution in [0.4, 0.5) is 0 Å². The lowest BCUT2D eigenvalue weighted by Gasteiger charge is -2.25. The zero-order valence-corrected chi connectivity index (χ0v) is 13.9. The highest BCUT2D eigenvalue weighted by atomic mass is 16.5. The van der Waals surface area contributed by atoms with Crippen molar-refractivity contribution in [2.24, 2.45) is 0 Å². The molecule has 6 nitrogen and oxygen atoms in total. The van der Waals surface area contributed by atoms with Crippen LogP contribution < -0.4 is 5.32 Å². The summed E-state index contributed by atoms with van der Waals surface area (Å²) in [6.45, 7) is 4.95. The number of carbonyl (C=O) groups is 3. The number of aryl methyl sites for hydroxylation is 2. The summed E-state index contributed by atoms with van der Waals surface area (Å²) in [5.41, 5.74) is 0.919. The zero-order chi connectivity index (χ0) is 17.6. The highest BCUT2D eigenvalue weighted by Crippen LogP contribution is 2.14. The molecule has 6 heteroatoms. The molecular weight excluding hydrogens is 298 g/mol. The fraction of sp³-hybridized carbons (Fsp3) is 0.471. The van der Waals surface area contributed by atoms with Crippen molar-refractivity contribution in [1.29, 1.82) is 0 Å². The summed E-state index contributed by atoms with van der Waals surface area (Å²) in [7, 11) is 1.36. The third kappa shape index (κ3) is 5.17. The summed E-state index contributed by atoms with van der Waals surface area (Å²) in [5, 5.41) is 11.6. The average molecular weight is 321 g/mol. The van der Waals surface area contributed by atoms with Gasteiger partial charge >= 0.3 is 5.97 Å². The molecule has 0 aromatic heterocycles. The van der Waals surface area contributed by atoms with Crippen molar-refractivity contribution in [2.45, 2.75) is 39.2 Å². The number of rotatable bonds is 8. The Morgan fingerprint density at radius 3 is 2.43 bits per heavy atom. The van der Waals surface area contributed by atoms with Gasteiger partial charge in [-0.05, 0) is 32.4 Å². The lowest BCUT2D eigenvalue weighted by Crippen LogP contribution is -2.55. The summed E-state index contributed by atoms with van der Waals surface area (Å²) in [4.78, 5) is 35.4. The molecule has 23 heavy (non-hydrogen) atoms. The number of carbonyl (C=O) groups excluding carboxylic acids is 2. The fourth-order valence-corrected chi connectivity index (χ4v) is 2.21. The van der Waals surface area contributed by atoms with Crippen LogP contribution in [0.5, 0.6) is 0 Å². The van der Waals surface area contributed by atoms with Gasteiger partial charge in [-0.1, -0.05) is 17.7 Å². The Labute approximate surface area is 135 Å². The maximum absolute atomic E-state index is 12.2. The maximum Gasteiger partial charge on any atom is 0.331 e. The van der Waals surface area contributed by atoms with Gasteiger partial charge in [0.1, 0.15) is 0 Å². The predicted octanol–water partition coefficient (Wildman–Crippen LogP) is 1.87. The van der Waals surface area contributed by atoms with Gasteiger partial charge in [0.05, 0.1) is 6.61 Å². The van der Waals surface area contributed by atoms with E-state index in [2.05, 4.69) is 5.32 Å². The molecule has 0 heterocycles. The van der Waals surface area contributed by atoms with Gasteiger partial charge in [0.25, 0.3) is 0 Å². The van der Waals surface area contributed by atoms with E-state index in [9.17, 15) is 19.5 Å². The number of ether oxygens (including phenoxy) is 1. The summed E-state index contributed by atoms with van der Waals surface area (Å²) in [5.74, 6) is -1.82. The van der Waals surface area contributed by atoms with Crippen LogP contribution in [0.3, 0.4) is 0 Å². The first kappa shape index (κ1) is 18.8.